The van der Waals surface area contributed by atoms with Crippen LogP contribution < -0.4 is 0 Å². The predicted octanol–water partition coefficient (Wildman–Crippen LogP) is 3.86. The van der Waals surface area contributed by atoms with Crippen LogP contribution in [0.25, 0.3) is 0 Å². The van der Waals surface area contributed by atoms with Gasteiger partial charge >= 0.3 is 0 Å². The van der Waals surface area contributed by atoms with Crippen molar-refractivity contribution in [1.82, 2.24) is 5.06 Å². The number of hydrogen-bond acceptors (Lipinski definition) is 6. The number of carbonyl (C=O) groups is 3. The van der Waals surface area contributed by atoms with Gasteiger partial charge in [-0.25, -0.2) is 5.06 Å². The van der Waals surface area contributed by atoms with Gasteiger partial charge in [0.25, 0.3) is 5.91 Å². The summed E-state index contributed by atoms with van der Waals surface area (Å²) in [6.07, 6.45) is 7.80. The lowest BCUT2D eigenvalue weighted by Gasteiger charge is -2.17. The number of rotatable bonds is 18. The topological polar surface area (TPSA) is 82.1 Å². The van der Waals surface area contributed by atoms with E-state index >= 15 is 0 Å². The third-order valence-corrected chi connectivity index (χ3v) is 4.54. The van der Waals surface area contributed by atoms with Crippen LogP contribution in [0.1, 0.15) is 72.6 Å². The molecule has 7 heteroatoms. The number of hydrogen-bond donors (Lipinski definition) is 0. The maximum absolute atomic E-state index is 12.3. The molecule has 0 aromatic heterocycles. The normalized spacial score (nSPS) is 10.7. The van der Waals surface area contributed by atoms with Crippen molar-refractivity contribution in [3.63, 3.8) is 0 Å². The van der Waals surface area contributed by atoms with Crippen LogP contribution in [-0.2, 0) is 19.1 Å². The van der Waals surface area contributed by atoms with Gasteiger partial charge in [0.1, 0.15) is 5.78 Å². The molecule has 0 bridgehead atoms. The lowest BCUT2D eigenvalue weighted by Crippen LogP contribution is -2.29. The number of benzene rings is 1. The van der Waals surface area contributed by atoms with Crippen LogP contribution in [0.5, 0.6) is 0 Å². The minimum absolute atomic E-state index is 0.171. The number of amides is 1. The Labute approximate surface area is 179 Å². The molecule has 1 aromatic rings. The summed E-state index contributed by atoms with van der Waals surface area (Å²) >= 11 is 0. The molecule has 0 heterocycles. The standard InChI is InChI=1S/C23H35NO6/c1-20(26)13-16-28-14-9-5-3-4-6-10-15-29-17-18-30-24(2)23(27)22-12-8-7-11-21(22)19-25/h7-8,11-12,19H,3-6,9-10,13-18H2,1-2H3. The van der Waals surface area contributed by atoms with Crippen LogP contribution in [0.15, 0.2) is 24.3 Å². The largest absolute Gasteiger partial charge is 0.381 e. The van der Waals surface area contributed by atoms with E-state index in [-0.39, 0.29) is 18.3 Å². The monoisotopic (exact) mass is 421 g/mol. The van der Waals surface area contributed by atoms with Crippen molar-refractivity contribution in [2.45, 2.75) is 51.9 Å². The Hall–Kier alpha value is -2.09. The van der Waals surface area contributed by atoms with Crippen molar-refractivity contribution in [1.29, 1.82) is 0 Å². The summed E-state index contributed by atoms with van der Waals surface area (Å²) in [4.78, 5) is 39.5. The molecule has 0 unspecified atom stereocenters. The highest BCUT2D eigenvalue weighted by Gasteiger charge is 2.15. The van der Waals surface area contributed by atoms with E-state index < -0.39 is 0 Å². The number of carbonyl (C=O) groups excluding carboxylic acids is 3. The zero-order chi connectivity index (χ0) is 22.0. The fourth-order valence-electron chi connectivity index (χ4n) is 2.79. The lowest BCUT2D eigenvalue weighted by atomic mass is 10.1. The molecule has 0 aliphatic carbocycles. The molecule has 0 saturated carbocycles. The first-order valence-corrected chi connectivity index (χ1v) is 10.7. The van der Waals surface area contributed by atoms with Gasteiger partial charge in [-0.15, -0.1) is 0 Å². The van der Waals surface area contributed by atoms with Crippen LogP contribution in [0, 0.1) is 0 Å². The molecule has 0 atom stereocenters. The summed E-state index contributed by atoms with van der Waals surface area (Å²) < 4.78 is 10.9. The zero-order valence-electron chi connectivity index (χ0n) is 18.3. The molecule has 0 N–H and O–H groups in total. The van der Waals surface area contributed by atoms with Crippen molar-refractivity contribution in [2.75, 3.05) is 40.1 Å². The third kappa shape index (κ3) is 11.8. The zero-order valence-corrected chi connectivity index (χ0v) is 18.3. The number of Topliss-reactive ketones (excluding diaryl/α,β-unsaturated/α-hetero) is 1. The summed E-state index contributed by atoms with van der Waals surface area (Å²) in [6.45, 7) is 4.19. The average molecular weight is 422 g/mol. The fourth-order valence-corrected chi connectivity index (χ4v) is 2.79. The molecule has 7 nitrogen and oxygen atoms in total. The highest BCUT2D eigenvalue weighted by atomic mass is 16.7. The van der Waals surface area contributed by atoms with Gasteiger partial charge in [0.2, 0.25) is 0 Å². The SMILES string of the molecule is CC(=O)CCOCCCCCCCCOCCON(C)C(=O)c1ccccc1C=O. The molecule has 0 aliphatic heterocycles. The van der Waals surface area contributed by atoms with Crippen molar-refractivity contribution in [2.24, 2.45) is 0 Å². The maximum Gasteiger partial charge on any atom is 0.277 e. The Morgan fingerprint density at radius 2 is 1.47 bits per heavy atom. The summed E-state index contributed by atoms with van der Waals surface area (Å²) in [6, 6.07) is 6.62. The molecule has 0 saturated heterocycles. The van der Waals surface area contributed by atoms with Crippen LogP contribution >= 0.6 is 0 Å². The minimum atomic E-state index is -0.359. The van der Waals surface area contributed by atoms with E-state index in [0.717, 1.165) is 37.4 Å². The van der Waals surface area contributed by atoms with Gasteiger partial charge in [0, 0.05) is 32.2 Å². The van der Waals surface area contributed by atoms with Crippen molar-refractivity contribution in [3.05, 3.63) is 35.4 Å². The second kappa shape index (κ2) is 16.7. The molecule has 1 amide bonds. The smallest absolute Gasteiger partial charge is 0.277 e. The molecule has 1 aromatic carbocycles. The molecule has 0 radical (unpaired) electrons. The molecule has 168 valence electrons. The number of nitrogens with zero attached hydrogens (tertiary/aromatic N) is 1. The Bertz CT molecular complexity index is 634. The Kier molecular flexibility index (Phi) is 14.4. The van der Waals surface area contributed by atoms with Gasteiger partial charge in [-0.3, -0.25) is 19.2 Å². The van der Waals surface area contributed by atoms with E-state index in [1.165, 1.54) is 19.9 Å². The molecule has 0 fully saturated rings. The summed E-state index contributed by atoms with van der Waals surface area (Å²) in [5.74, 6) is -0.188. The Morgan fingerprint density at radius 3 is 2.10 bits per heavy atom. The second-order valence-electron chi connectivity index (χ2n) is 7.14. The number of hydroxylamine groups is 2. The van der Waals surface area contributed by atoms with E-state index in [0.29, 0.717) is 43.7 Å². The van der Waals surface area contributed by atoms with E-state index in [1.54, 1.807) is 31.2 Å². The van der Waals surface area contributed by atoms with Gasteiger partial charge in [-0.2, -0.15) is 0 Å². The quantitative estimate of drug-likeness (QED) is 0.203. The molecular weight excluding hydrogens is 386 g/mol. The van der Waals surface area contributed by atoms with Crippen molar-refractivity contribution >= 4 is 18.0 Å². The van der Waals surface area contributed by atoms with Gasteiger partial charge in [0.15, 0.2) is 6.29 Å². The maximum atomic E-state index is 12.3. The predicted molar refractivity (Wildman–Crippen MR) is 115 cm³/mol. The van der Waals surface area contributed by atoms with Crippen LogP contribution in [0.4, 0.5) is 0 Å². The highest BCUT2D eigenvalue weighted by Crippen LogP contribution is 2.09. The second-order valence-corrected chi connectivity index (χ2v) is 7.14. The van der Waals surface area contributed by atoms with Crippen molar-refractivity contribution < 1.29 is 28.7 Å². The molecule has 0 spiro atoms. The van der Waals surface area contributed by atoms with Crippen LogP contribution in [0.3, 0.4) is 0 Å². The number of aldehydes is 1. The van der Waals surface area contributed by atoms with E-state index in [4.69, 9.17) is 14.3 Å². The molecule has 1 rings (SSSR count). The Balaban J connectivity index is 1.94. The summed E-state index contributed by atoms with van der Waals surface area (Å²) in [5.41, 5.74) is 0.660. The van der Waals surface area contributed by atoms with Crippen LogP contribution in [-0.4, -0.2) is 63.1 Å². The van der Waals surface area contributed by atoms with Gasteiger partial charge in [0.05, 0.1) is 25.4 Å². The molecular formula is C23H35NO6. The average Bonchev–Trinajstić information content (AvgIpc) is 2.75. The van der Waals surface area contributed by atoms with E-state index in [9.17, 15) is 14.4 Å². The summed E-state index contributed by atoms with van der Waals surface area (Å²) in [7, 11) is 1.53. The minimum Gasteiger partial charge on any atom is -0.381 e. The van der Waals surface area contributed by atoms with Gasteiger partial charge < -0.3 is 9.47 Å². The molecule has 0 aliphatic rings. The highest BCUT2D eigenvalue weighted by molar-refractivity contribution is 6.00. The first-order valence-electron chi connectivity index (χ1n) is 10.7. The van der Waals surface area contributed by atoms with Crippen molar-refractivity contribution in [3.8, 4) is 0 Å². The van der Waals surface area contributed by atoms with E-state index in [1.807, 2.05) is 0 Å². The van der Waals surface area contributed by atoms with Gasteiger partial charge in [-0.05, 0) is 25.8 Å². The summed E-state index contributed by atoms with van der Waals surface area (Å²) in [5, 5.41) is 1.13. The van der Waals surface area contributed by atoms with E-state index in [2.05, 4.69) is 0 Å². The third-order valence-electron chi connectivity index (χ3n) is 4.54. The first-order chi connectivity index (χ1) is 14.6. The molecule has 30 heavy (non-hydrogen) atoms. The number of ether oxygens (including phenoxy) is 2. The Morgan fingerprint density at radius 1 is 0.867 bits per heavy atom. The van der Waals surface area contributed by atoms with Gasteiger partial charge in [-0.1, -0.05) is 43.9 Å². The number of unbranched alkanes of at least 4 members (excludes halogenated alkanes) is 5. The number of ketones is 1. The lowest BCUT2D eigenvalue weighted by molar-refractivity contribution is -0.120. The fraction of sp³-hybridized carbons (Fsp3) is 0.609. The van der Waals surface area contributed by atoms with Crippen LogP contribution in [0.2, 0.25) is 0 Å². The first kappa shape index (κ1) is 25.9.